The Morgan fingerprint density at radius 3 is 2.49 bits per heavy atom. The number of nitrogens with one attached hydrogen (secondary N) is 2. The number of aryl methyl sites for hydroxylation is 1. The quantitative estimate of drug-likeness (QED) is 0.179. The lowest BCUT2D eigenvalue weighted by molar-refractivity contribution is 0.0951. The number of carbonyl (C=O) groups is 1. The molecule has 0 aliphatic heterocycles. The number of carbonyl (C=O) groups excluding carboxylic acids is 1. The lowest BCUT2D eigenvalue weighted by Crippen LogP contribution is -2.33. The first-order valence-electron chi connectivity index (χ1n) is 11.1. The largest absolute Gasteiger partial charge is 0.451 e. The molecule has 0 fully saturated rings. The van der Waals surface area contributed by atoms with Crippen LogP contribution in [0, 0.1) is 6.92 Å². The van der Waals surface area contributed by atoms with Crippen LogP contribution in [0.1, 0.15) is 16.1 Å². The van der Waals surface area contributed by atoms with E-state index in [0.717, 1.165) is 16.5 Å². The number of para-hydroxylation sites is 1. The smallest absolute Gasteiger partial charge is 0.344 e. The Balaban J connectivity index is 1.29. The second-order valence-corrected chi connectivity index (χ2v) is 9.38. The minimum absolute atomic E-state index is 0.0600. The molecule has 2 heterocycles. The van der Waals surface area contributed by atoms with Gasteiger partial charge in [0.15, 0.2) is 10.9 Å². The third-order valence-corrected chi connectivity index (χ3v) is 6.71. The highest BCUT2D eigenvalue weighted by Crippen LogP contribution is 2.34. The van der Waals surface area contributed by atoms with Crippen LogP contribution in [0.25, 0.3) is 33.4 Å². The topological polar surface area (TPSA) is 84.5 Å². The highest BCUT2D eigenvalue weighted by molar-refractivity contribution is 7.80. The molecule has 0 radical (unpaired) electrons. The SMILES string of the molecule is Cc1cc(NC(=S)NC(=O)c2ccc(-c3cccc(Cl)c3Cl)o2)ccc1-c1cc2ccccc2oc1=O. The summed E-state index contributed by atoms with van der Waals surface area (Å²) in [5.41, 5.74) is 3.37. The average Bonchev–Trinajstić information content (AvgIpc) is 3.36. The molecule has 9 heteroatoms. The van der Waals surface area contributed by atoms with Crippen LogP contribution < -0.4 is 16.3 Å². The highest BCUT2D eigenvalue weighted by Gasteiger charge is 2.17. The zero-order valence-electron chi connectivity index (χ0n) is 19.3. The first-order chi connectivity index (χ1) is 17.8. The van der Waals surface area contributed by atoms with Crippen LogP contribution in [-0.2, 0) is 0 Å². The normalized spacial score (nSPS) is 10.9. The van der Waals surface area contributed by atoms with Gasteiger partial charge in [-0.05, 0) is 78.8 Å². The van der Waals surface area contributed by atoms with E-state index in [-0.39, 0.29) is 10.9 Å². The Hall–Kier alpha value is -3.91. The van der Waals surface area contributed by atoms with E-state index < -0.39 is 11.5 Å². The summed E-state index contributed by atoms with van der Waals surface area (Å²) in [7, 11) is 0. The van der Waals surface area contributed by atoms with Crippen molar-refractivity contribution in [3.63, 3.8) is 0 Å². The van der Waals surface area contributed by atoms with Crippen LogP contribution in [0.5, 0.6) is 0 Å². The maximum Gasteiger partial charge on any atom is 0.344 e. The molecule has 0 aliphatic carbocycles. The van der Waals surface area contributed by atoms with Crippen molar-refractivity contribution in [1.82, 2.24) is 5.32 Å². The van der Waals surface area contributed by atoms with Crippen LogP contribution >= 0.6 is 35.4 Å². The van der Waals surface area contributed by atoms with Crippen LogP contribution in [0.15, 0.2) is 92.5 Å². The van der Waals surface area contributed by atoms with Crippen molar-refractivity contribution in [2.24, 2.45) is 0 Å². The summed E-state index contributed by atoms with van der Waals surface area (Å²) in [4.78, 5) is 25.2. The molecule has 37 heavy (non-hydrogen) atoms. The minimum Gasteiger partial charge on any atom is -0.451 e. The van der Waals surface area contributed by atoms with Crippen molar-refractivity contribution in [2.45, 2.75) is 6.92 Å². The maximum atomic E-state index is 12.7. The van der Waals surface area contributed by atoms with Gasteiger partial charge in [-0.15, -0.1) is 0 Å². The number of hydrogen-bond acceptors (Lipinski definition) is 5. The average molecular weight is 549 g/mol. The van der Waals surface area contributed by atoms with E-state index in [1.54, 1.807) is 42.5 Å². The van der Waals surface area contributed by atoms with Crippen molar-refractivity contribution < 1.29 is 13.6 Å². The number of furan rings is 1. The summed E-state index contributed by atoms with van der Waals surface area (Å²) in [6.45, 7) is 1.88. The standard InChI is InChI=1S/C28H18Cl2N2O4S/c1-15-13-17(9-10-18(15)20-14-16-5-2-3-8-22(16)36-27(20)34)31-28(37)32-26(33)24-12-11-23(35-24)19-6-4-7-21(29)25(19)30/h2-14H,1H3,(H2,31,32,33,37). The molecule has 3 aromatic carbocycles. The number of benzene rings is 3. The Bertz CT molecular complexity index is 1740. The molecule has 2 N–H and O–H groups in total. The lowest BCUT2D eigenvalue weighted by atomic mass is 10.0. The van der Waals surface area contributed by atoms with Crippen LogP contribution in [0.3, 0.4) is 0 Å². The Labute approximate surface area is 226 Å². The fourth-order valence-electron chi connectivity index (χ4n) is 3.92. The van der Waals surface area contributed by atoms with E-state index in [1.165, 1.54) is 6.07 Å². The van der Waals surface area contributed by atoms with Crippen LogP contribution in [0.2, 0.25) is 10.0 Å². The second-order valence-electron chi connectivity index (χ2n) is 8.19. The molecule has 2 aromatic heterocycles. The fourth-order valence-corrected chi connectivity index (χ4v) is 4.52. The number of halogens is 2. The van der Waals surface area contributed by atoms with Gasteiger partial charge in [0.25, 0.3) is 5.91 Å². The molecule has 0 bridgehead atoms. The lowest BCUT2D eigenvalue weighted by Gasteiger charge is -2.12. The monoisotopic (exact) mass is 548 g/mol. The van der Waals surface area contributed by atoms with Gasteiger partial charge in [0, 0.05) is 16.6 Å². The van der Waals surface area contributed by atoms with Gasteiger partial charge in [-0.3, -0.25) is 10.1 Å². The third-order valence-electron chi connectivity index (χ3n) is 5.69. The second kappa shape index (κ2) is 10.2. The molecule has 1 amide bonds. The van der Waals surface area contributed by atoms with E-state index in [1.807, 2.05) is 37.3 Å². The predicted molar refractivity (Wildman–Crippen MR) is 151 cm³/mol. The van der Waals surface area contributed by atoms with Crippen LogP contribution in [0.4, 0.5) is 5.69 Å². The van der Waals surface area contributed by atoms with Crippen molar-refractivity contribution in [1.29, 1.82) is 0 Å². The summed E-state index contributed by atoms with van der Waals surface area (Å²) < 4.78 is 11.1. The molecule has 5 rings (SSSR count). The predicted octanol–water partition coefficient (Wildman–Crippen LogP) is 7.46. The van der Waals surface area contributed by atoms with Gasteiger partial charge < -0.3 is 14.2 Å². The van der Waals surface area contributed by atoms with Gasteiger partial charge in [-0.25, -0.2) is 4.79 Å². The Kier molecular flexibility index (Phi) is 6.84. The van der Waals surface area contributed by atoms with E-state index in [2.05, 4.69) is 10.6 Å². The molecule has 0 saturated heterocycles. The van der Waals surface area contributed by atoms with E-state index in [0.29, 0.717) is 38.2 Å². The molecule has 0 saturated carbocycles. The van der Waals surface area contributed by atoms with Crippen molar-refractivity contribution >= 4 is 63.1 Å². The van der Waals surface area contributed by atoms with Gasteiger partial charge in [0.2, 0.25) is 0 Å². The number of anilines is 1. The molecule has 0 atom stereocenters. The summed E-state index contributed by atoms with van der Waals surface area (Å²) in [6.07, 6.45) is 0. The molecule has 0 spiro atoms. The molecular formula is C28H18Cl2N2O4S. The van der Waals surface area contributed by atoms with Crippen LogP contribution in [-0.4, -0.2) is 11.0 Å². The van der Waals surface area contributed by atoms with E-state index >= 15 is 0 Å². The number of thiocarbonyl (C=S) groups is 1. The summed E-state index contributed by atoms with van der Waals surface area (Å²) in [5.74, 6) is -0.0605. The first-order valence-corrected chi connectivity index (χ1v) is 12.3. The van der Waals surface area contributed by atoms with Gasteiger partial charge in [0.1, 0.15) is 11.3 Å². The summed E-state index contributed by atoms with van der Waals surface area (Å²) in [5, 5.41) is 7.21. The Morgan fingerprint density at radius 2 is 1.68 bits per heavy atom. The number of hydrogen-bond donors (Lipinski definition) is 2. The molecular weight excluding hydrogens is 531 g/mol. The number of fused-ring (bicyclic) bond motifs is 1. The summed E-state index contributed by atoms with van der Waals surface area (Å²) in [6, 6.07) is 22.9. The van der Waals surface area contributed by atoms with Crippen molar-refractivity contribution in [3.05, 3.63) is 111 Å². The molecule has 0 unspecified atom stereocenters. The van der Waals surface area contributed by atoms with Crippen molar-refractivity contribution in [2.75, 3.05) is 5.32 Å². The zero-order chi connectivity index (χ0) is 26.1. The van der Waals surface area contributed by atoms with E-state index in [4.69, 9.17) is 44.3 Å². The Morgan fingerprint density at radius 1 is 0.865 bits per heavy atom. The van der Waals surface area contributed by atoms with E-state index in [9.17, 15) is 9.59 Å². The highest BCUT2D eigenvalue weighted by atomic mass is 35.5. The van der Waals surface area contributed by atoms with Gasteiger partial charge in [-0.1, -0.05) is 53.5 Å². The molecule has 5 aromatic rings. The molecule has 184 valence electrons. The maximum absolute atomic E-state index is 12.7. The van der Waals surface area contributed by atoms with Gasteiger partial charge >= 0.3 is 5.63 Å². The summed E-state index contributed by atoms with van der Waals surface area (Å²) >= 11 is 17.6. The third kappa shape index (κ3) is 5.15. The fraction of sp³-hybridized carbons (Fsp3) is 0.0357. The van der Waals surface area contributed by atoms with Crippen molar-refractivity contribution in [3.8, 4) is 22.5 Å². The number of rotatable bonds is 4. The first kappa shape index (κ1) is 24.8. The number of amides is 1. The molecule has 6 nitrogen and oxygen atoms in total. The minimum atomic E-state index is -0.524. The zero-order valence-corrected chi connectivity index (χ0v) is 21.6. The van der Waals surface area contributed by atoms with Gasteiger partial charge in [-0.2, -0.15) is 0 Å². The molecule has 0 aliphatic rings. The van der Waals surface area contributed by atoms with Gasteiger partial charge in [0.05, 0.1) is 15.6 Å².